The van der Waals surface area contributed by atoms with E-state index in [4.69, 9.17) is 4.74 Å². The van der Waals surface area contributed by atoms with E-state index < -0.39 is 25.4 Å². The van der Waals surface area contributed by atoms with Crippen LogP contribution >= 0.6 is 0 Å². The number of nitrogens with one attached hydrogen (secondary N) is 2. The number of rotatable bonds is 10. The molecule has 1 aliphatic rings. The highest BCUT2D eigenvalue weighted by molar-refractivity contribution is 6.09. The number of ether oxygens (including phenoxy) is 1. The van der Waals surface area contributed by atoms with Crippen molar-refractivity contribution in [3.05, 3.63) is 66.0 Å². The Balaban J connectivity index is 1.41. The Labute approximate surface area is 240 Å². The van der Waals surface area contributed by atoms with Crippen LogP contribution < -0.4 is 15.4 Å². The summed E-state index contributed by atoms with van der Waals surface area (Å²) in [4.78, 5) is 17.6. The molecule has 1 amide bonds. The number of nitrogens with zero attached hydrogens (tertiary/aromatic N) is 9. The summed E-state index contributed by atoms with van der Waals surface area (Å²) in [6, 6.07) is 5.47. The van der Waals surface area contributed by atoms with Gasteiger partial charge in [0.15, 0.2) is 11.5 Å². The zero-order valence-electron chi connectivity index (χ0n) is 22.4. The van der Waals surface area contributed by atoms with E-state index in [-0.39, 0.29) is 52.1 Å². The van der Waals surface area contributed by atoms with Crippen molar-refractivity contribution >= 4 is 17.2 Å². The summed E-state index contributed by atoms with van der Waals surface area (Å²) < 4.78 is 62.5. The second-order valence-electron chi connectivity index (χ2n) is 9.81. The number of fused-ring (bicyclic) bond motifs is 1. The largest absolute Gasteiger partial charge is 0.434 e. The molecule has 13 nitrogen and oxygen atoms in total. The molecule has 1 fully saturated rings. The van der Waals surface area contributed by atoms with Crippen molar-refractivity contribution in [3.8, 4) is 17.0 Å². The van der Waals surface area contributed by atoms with Crippen molar-refractivity contribution in [2.45, 2.75) is 44.9 Å². The number of carbonyl (C=O) groups is 1. The Kier molecular flexibility index (Phi) is 7.95. The molecule has 0 saturated carbocycles. The zero-order chi connectivity index (χ0) is 29.9. The SMILES string of the molecule is O=C(Nc1cn(Cc2nnnn2C2CCNCC2)nc1-c1cc(CC(F)F)ccc1OC(F)F)c1cnn2cccnc12. The Morgan fingerprint density at radius 2 is 2.02 bits per heavy atom. The predicted octanol–water partition coefficient (Wildman–Crippen LogP) is 3.21. The summed E-state index contributed by atoms with van der Waals surface area (Å²) in [7, 11) is 0. The van der Waals surface area contributed by atoms with Crippen LogP contribution in [-0.2, 0) is 13.0 Å². The lowest BCUT2D eigenvalue weighted by Crippen LogP contribution is -2.31. The van der Waals surface area contributed by atoms with Gasteiger partial charge >= 0.3 is 6.61 Å². The molecule has 224 valence electrons. The monoisotopic (exact) mass is 599 g/mol. The maximum Gasteiger partial charge on any atom is 0.387 e. The number of halogens is 4. The third kappa shape index (κ3) is 6.15. The molecule has 5 heterocycles. The van der Waals surface area contributed by atoms with E-state index in [1.54, 1.807) is 16.9 Å². The first kappa shape index (κ1) is 28.2. The lowest BCUT2D eigenvalue weighted by atomic mass is 10.0. The summed E-state index contributed by atoms with van der Waals surface area (Å²) in [5.74, 6) is -0.416. The van der Waals surface area contributed by atoms with Crippen molar-refractivity contribution in [2.75, 3.05) is 18.4 Å². The number of carbonyl (C=O) groups excluding carboxylic acids is 1. The molecule has 0 radical (unpaired) electrons. The summed E-state index contributed by atoms with van der Waals surface area (Å²) in [6.45, 7) is -1.50. The fourth-order valence-corrected chi connectivity index (χ4v) is 5.03. The number of hydrogen-bond acceptors (Lipinski definition) is 9. The van der Waals surface area contributed by atoms with E-state index in [0.717, 1.165) is 25.9 Å². The van der Waals surface area contributed by atoms with Gasteiger partial charge in [0.05, 0.1) is 17.9 Å². The molecule has 1 aromatic carbocycles. The Bertz CT molecular complexity index is 1730. The highest BCUT2D eigenvalue weighted by Gasteiger charge is 2.25. The molecule has 1 aliphatic heterocycles. The molecule has 6 rings (SSSR count). The van der Waals surface area contributed by atoms with Gasteiger partial charge in [0.1, 0.15) is 23.6 Å². The van der Waals surface area contributed by atoms with Gasteiger partial charge in [-0.05, 0) is 60.1 Å². The first-order valence-electron chi connectivity index (χ1n) is 13.4. The molecule has 2 N–H and O–H groups in total. The highest BCUT2D eigenvalue weighted by Crippen LogP contribution is 2.37. The lowest BCUT2D eigenvalue weighted by molar-refractivity contribution is -0.0494. The van der Waals surface area contributed by atoms with Crippen molar-refractivity contribution < 1.29 is 27.1 Å². The van der Waals surface area contributed by atoms with Crippen LogP contribution in [0.1, 0.15) is 40.6 Å². The van der Waals surface area contributed by atoms with E-state index in [9.17, 15) is 22.4 Å². The van der Waals surface area contributed by atoms with Crippen LogP contribution in [0.25, 0.3) is 16.9 Å². The van der Waals surface area contributed by atoms with E-state index in [2.05, 4.69) is 41.3 Å². The maximum atomic E-state index is 13.4. The van der Waals surface area contributed by atoms with Crippen LogP contribution in [0, 0.1) is 0 Å². The molecule has 0 bridgehead atoms. The number of hydrogen-bond donors (Lipinski definition) is 2. The van der Waals surface area contributed by atoms with Crippen LogP contribution in [0.5, 0.6) is 5.75 Å². The number of amides is 1. The van der Waals surface area contributed by atoms with Crippen molar-refractivity contribution in [2.24, 2.45) is 0 Å². The quantitative estimate of drug-likeness (QED) is 0.232. The molecule has 17 heteroatoms. The number of anilines is 1. The van der Waals surface area contributed by atoms with Crippen LogP contribution in [-0.4, -0.2) is 76.6 Å². The standard InChI is InChI=1S/C26H25F4N11O2/c27-21(28)11-15-2-3-20(43-26(29)30)17(10-15)23-19(34-25(42)18-12-33-40-9-1-6-32-24(18)40)13-39(36-23)14-22-35-37-38-41(22)16-4-7-31-8-5-16/h1-3,6,9-10,12-13,16,21,26,31H,4-5,7-8,11,14H2,(H,34,42). The van der Waals surface area contributed by atoms with Crippen LogP contribution in [0.2, 0.25) is 0 Å². The molecule has 0 spiro atoms. The van der Waals surface area contributed by atoms with Crippen molar-refractivity contribution in [1.29, 1.82) is 0 Å². The van der Waals surface area contributed by atoms with E-state index in [0.29, 0.717) is 5.82 Å². The number of piperidine rings is 1. The lowest BCUT2D eigenvalue weighted by Gasteiger charge is -2.23. The van der Waals surface area contributed by atoms with Gasteiger partial charge in [-0.3, -0.25) is 9.48 Å². The van der Waals surface area contributed by atoms with Gasteiger partial charge in [-0.15, -0.1) is 5.10 Å². The molecule has 0 atom stereocenters. The van der Waals surface area contributed by atoms with Gasteiger partial charge in [-0.1, -0.05) is 6.07 Å². The summed E-state index contributed by atoms with van der Waals surface area (Å²) in [6.07, 6.45) is 4.30. The first-order valence-corrected chi connectivity index (χ1v) is 13.4. The van der Waals surface area contributed by atoms with Gasteiger partial charge in [-0.2, -0.15) is 19.0 Å². The number of benzene rings is 1. The second kappa shape index (κ2) is 12.1. The summed E-state index contributed by atoms with van der Waals surface area (Å²) >= 11 is 0. The molecule has 5 aromatic rings. The van der Waals surface area contributed by atoms with E-state index in [1.807, 2.05) is 0 Å². The van der Waals surface area contributed by atoms with Crippen molar-refractivity contribution in [3.63, 3.8) is 0 Å². The minimum atomic E-state index is -3.20. The Morgan fingerprint density at radius 3 is 2.81 bits per heavy atom. The molecular formula is C26H25F4N11O2. The molecule has 4 aromatic heterocycles. The average Bonchev–Trinajstić information content (AvgIpc) is 3.73. The average molecular weight is 600 g/mol. The normalized spacial score (nSPS) is 14.2. The van der Waals surface area contributed by atoms with Gasteiger partial charge in [-0.25, -0.2) is 23.0 Å². The summed E-state index contributed by atoms with van der Waals surface area (Å²) in [5, 5.41) is 26.8. The third-order valence-electron chi connectivity index (χ3n) is 6.96. The second-order valence-corrected chi connectivity index (χ2v) is 9.81. The van der Waals surface area contributed by atoms with Crippen LogP contribution in [0.4, 0.5) is 23.2 Å². The van der Waals surface area contributed by atoms with Gasteiger partial charge in [0.25, 0.3) is 5.91 Å². The molecular weight excluding hydrogens is 574 g/mol. The topological polar surface area (TPSA) is 142 Å². The molecule has 0 unspecified atom stereocenters. The maximum absolute atomic E-state index is 13.4. The van der Waals surface area contributed by atoms with Gasteiger partial charge in [0.2, 0.25) is 6.43 Å². The summed E-state index contributed by atoms with van der Waals surface area (Å²) in [5.41, 5.74) is 0.712. The molecule has 0 aliphatic carbocycles. The number of aromatic nitrogens is 9. The minimum absolute atomic E-state index is 0.0107. The van der Waals surface area contributed by atoms with Gasteiger partial charge in [0, 0.05) is 30.6 Å². The van der Waals surface area contributed by atoms with E-state index in [1.165, 1.54) is 46.0 Å². The van der Waals surface area contributed by atoms with Crippen molar-refractivity contribution in [1.82, 2.24) is 49.9 Å². The minimum Gasteiger partial charge on any atom is -0.434 e. The van der Waals surface area contributed by atoms with E-state index >= 15 is 0 Å². The number of alkyl halides is 4. The smallest absolute Gasteiger partial charge is 0.387 e. The fraction of sp³-hybridized carbons (Fsp3) is 0.346. The zero-order valence-corrected chi connectivity index (χ0v) is 22.4. The van der Waals surface area contributed by atoms with Crippen LogP contribution in [0.3, 0.4) is 0 Å². The van der Waals surface area contributed by atoms with Gasteiger partial charge < -0.3 is 15.4 Å². The Hall–Kier alpha value is -4.93. The number of tetrazole rings is 1. The predicted molar refractivity (Wildman–Crippen MR) is 143 cm³/mol. The molecule has 43 heavy (non-hydrogen) atoms. The first-order chi connectivity index (χ1) is 20.9. The van der Waals surface area contributed by atoms with Crippen LogP contribution in [0.15, 0.2) is 49.1 Å². The third-order valence-corrected chi connectivity index (χ3v) is 6.96. The fourth-order valence-electron chi connectivity index (χ4n) is 5.03. The Morgan fingerprint density at radius 1 is 1.19 bits per heavy atom. The highest BCUT2D eigenvalue weighted by atomic mass is 19.3. The molecule has 1 saturated heterocycles.